The Labute approximate surface area is 294 Å². The molecule has 2 fully saturated rings. The molecule has 266 valence electrons. The number of amides is 2. The lowest BCUT2D eigenvalue weighted by atomic mass is 9.93. The van der Waals surface area contributed by atoms with Gasteiger partial charge in [-0.05, 0) is 88.3 Å². The van der Waals surface area contributed by atoms with Gasteiger partial charge >= 0.3 is 12.3 Å². The highest BCUT2D eigenvalue weighted by atomic mass is 35.5. The molecule has 1 aliphatic heterocycles. The Kier molecular flexibility index (Phi) is 8.43. The molecule has 2 aliphatic rings. The molecular weight excluding hydrogens is 691 g/mol. The Morgan fingerprint density at radius 2 is 1.96 bits per heavy atom. The number of halogens is 4. The molecule has 1 saturated heterocycles. The molecule has 3 atom stereocenters. The number of likely N-dealkylation sites (tertiary alicyclic amines) is 1. The van der Waals surface area contributed by atoms with Crippen molar-refractivity contribution in [3.05, 3.63) is 53.3 Å². The Balaban J connectivity index is 1.12. The van der Waals surface area contributed by atoms with Gasteiger partial charge < -0.3 is 20.1 Å². The average Bonchev–Trinajstić information content (AvgIpc) is 3.52. The predicted octanol–water partition coefficient (Wildman–Crippen LogP) is 5.76. The number of carbonyl (C=O) groups excluding carboxylic acids is 1. The van der Waals surface area contributed by atoms with E-state index < -0.39 is 64.3 Å². The fourth-order valence-corrected chi connectivity index (χ4v) is 6.83. The van der Waals surface area contributed by atoms with Gasteiger partial charge in [0.2, 0.25) is 5.88 Å². The van der Waals surface area contributed by atoms with Gasteiger partial charge in [0.15, 0.2) is 10.8 Å². The lowest BCUT2D eigenvalue weighted by molar-refractivity contribution is -0.151. The van der Waals surface area contributed by atoms with E-state index >= 15 is 0 Å². The first kappa shape index (κ1) is 28.7. The van der Waals surface area contributed by atoms with Crippen LogP contribution in [-0.4, -0.2) is 81.6 Å². The van der Waals surface area contributed by atoms with Crippen LogP contribution in [0.4, 0.5) is 23.8 Å². The summed E-state index contributed by atoms with van der Waals surface area (Å²) in [5.41, 5.74) is -2.82. The molecule has 3 aromatic rings. The predicted molar refractivity (Wildman–Crippen MR) is 172 cm³/mol. The highest BCUT2D eigenvalue weighted by Gasteiger charge is 2.54. The fraction of sp³-hybridized carbons (Fsp3) is 0.516. The van der Waals surface area contributed by atoms with Crippen molar-refractivity contribution in [2.45, 2.75) is 69.0 Å². The summed E-state index contributed by atoms with van der Waals surface area (Å²) in [6.45, 7) is -6.13. The number of pyridine rings is 2. The van der Waals surface area contributed by atoms with Crippen LogP contribution in [0.15, 0.2) is 47.6 Å². The molecule has 3 aromatic heterocycles. The number of ether oxygens (including phenoxy) is 1. The lowest BCUT2D eigenvalue weighted by Gasteiger charge is -2.28. The minimum Gasteiger partial charge on any atom is -0.477 e. The van der Waals surface area contributed by atoms with Gasteiger partial charge in [0.25, 0.3) is 15.9 Å². The Bertz CT molecular complexity index is 1990. The van der Waals surface area contributed by atoms with Crippen LogP contribution >= 0.6 is 11.6 Å². The molecule has 0 spiro atoms. The smallest absolute Gasteiger partial charge is 0.407 e. The Hall–Kier alpha value is -4.12. The fourth-order valence-electron chi connectivity index (χ4n) is 5.66. The van der Waals surface area contributed by atoms with Crippen molar-refractivity contribution in [3.63, 3.8) is 0 Å². The second kappa shape index (κ2) is 14.4. The molecule has 49 heavy (non-hydrogen) atoms. The van der Waals surface area contributed by atoms with Crippen LogP contribution in [0.25, 0.3) is 5.82 Å². The quantitative estimate of drug-likeness (QED) is 0.137. The number of hydrogen-bond acceptors (Lipinski definition) is 9. The topological polar surface area (TPSA) is 169 Å². The first-order chi connectivity index (χ1) is 25.5. The van der Waals surface area contributed by atoms with Gasteiger partial charge in [-0.1, -0.05) is 17.7 Å². The van der Waals surface area contributed by atoms with Crippen molar-refractivity contribution >= 4 is 39.4 Å². The summed E-state index contributed by atoms with van der Waals surface area (Å²) >= 11 is 6.23. The van der Waals surface area contributed by atoms with Crippen LogP contribution in [0, 0.1) is 17.8 Å². The van der Waals surface area contributed by atoms with Crippen molar-refractivity contribution in [3.8, 4) is 11.7 Å². The van der Waals surface area contributed by atoms with Gasteiger partial charge in [0.1, 0.15) is 11.0 Å². The molecule has 3 N–H and O–H groups in total. The van der Waals surface area contributed by atoms with E-state index in [1.165, 1.54) is 41.2 Å². The third kappa shape index (κ3) is 9.12. The molecule has 1 saturated carbocycles. The number of anilines is 1. The minimum absolute atomic E-state index is 0.109. The number of carboxylic acid groups (broad SMARTS) is 1. The Morgan fingerprint density at radius 3 is 2.63 bits per heavy atom. The summed E-state index contributed by atoms with van der Waals surface area (Å²) < 4.78 is 120. The number of nitrogens with one attached hydrogen (secondary N) is 2. The van der Waals surface area contributed by atoms with Crippen LogP contribution in [0.5, 0.6) is 5.88 Å². The van der Waals surface area contributed by atoms with Gasteiger partial charge in [-0.3, -0.25) is 4.79 Å². The second-order valence-corrected chi connectivity index (χ2v) is 13.9. The van der Waals surface area contributed by atoms with E-state index in [2.05, 4.69) is 20.4 Å². The second-order valence-electron chi connectivity index (χ2n) is 11.9. The van der Waals surface area contributed by atoms with E-state index in [0.29, 0.717) is 24.2 Å². The first-order valence-electron chi connectivity index (χ1n) is 18.2. The molecule has 13 nitrogen and oxygen atoms in total. The molecule has 18 heteroatoms. The minimum atomic E-state index is -4.52. The van der Waals surface area contributed by atoms with E-state index in [-0.39, 0.29) is 73.1 Å². The summed E-state index contributed by atoms with van der Waals surface area (Å²) in [6, 6.07) is 8.08. The SMILES string of the molecule is [2H]C([2H])([2H])C1(C([2H])([2H])[2H])C[C@H](CCCNc2cccc(S(=O)(=O)NC(=O)c3ccc(-n4ccc(OCCCC5CC5C(F)(F)F)n4)nc3Cl)n2)CN1C(=O)O. The van der Waals surface area contributed by atoms with E-state index in [0.717, 1.165) is 6.07 Å². The van der Waals surface area contributed by atoms with Crippen molar-refractivity contribution in [1.29, 1.82) is 0 Å². The van der Waals surface area contributed by atoms with Gasteiger partial charge in [-0.2, -0.15) is 21.6 Å². The standard InChI is InChI=1S/C31H37ClF3N7O6S/c1-30(2)17-19(18-41(30)29(44)45)6-4-13-36-23-8-3-9-26(37-23)49(46,47)40-28(43)21-10-11-24(38-27(21)32)42-14-12-25(39-42)48-15-5-7-20-16-22(20)31(33,34)35/h3,8-12,14,19-20,22H,4-7,13,15-18H2,1-2H3,(H,36,37)(H,40,43)(H,44,45)/t19-,20?,22?/m0/s1/i1D3,2D3. The molecule has 2 unspecified atom stereocenters. The first-order valence-corrected chi connectivity index (χ1v) is 17.1. The zero-order valence-electron chi connectivity index (χ0n) is 31.8. The number of rotatable bonds is 14. The van der Waals surface area contributed by atoms with Crippen LogP contribution < -0.4 is 14.8 Å². The number of carbonyl (C=O) groups is 2. The third-order valence-electron chi connectivity index (χ3n) is 8.23. The highest BCUT2D eigenvalue weighted by molar-refractivity contribution is 7.90. The molecule has 0 bridgehead atoms. The van der Waals surface area contributed by atoms with Gasteiger partial charge in [0.05, 0.1) is 18.1 Å². The zero-order valence-corrected chi connectivity index (χ0v) is 27.4. The molecular formula is C31H37ClF3N7O6S. The number of aromatic nitrogens is 4. The maximum absolute atomic E-state index is 13.1. The largest absolute Gasteiger partial charge is 0.477 e. The summed E-state index contributed by atoms with van der Waals surface area (Å²) in [7, 11) is -4.52. The molecule has 5 rings (SSSR count). The number of hydrogen-bond donors (Lipinski definition) is 3. The van der Waals surface area contributed by atoms with Crippen LogP contribution in [0.3, 0.4) is 0 Å². The van der Waals surface area contributed by atoms with Crippen LogP contribution in [0.1, 0.15) is 70.8 Å². The molecule has 1 aliphatic carbocycles. The van der Waals surface area contributed by atoms with Crippen LogP contribution in [0.2, 0.25) is 5.15 Å². The van der Waals surface area contributed by atoms with E-state index in [4.69, 9.17) is 24.6 Å². The van der Waals surface area contributed by atoms with Crippen molar-refractivity contribution < 1.29 is 49.2 Å². The Morgan fingerprint density at radius 1 is 1.16 bits per heavy atom. The third-order valence-corrected chi connectivity index (χ3v) is 9.75. The van der Waals surface area contributed by atoms with Crippen molar-refractivity contribution in [2.75, 3.05) is 25.0 Å². The maximum Gasteiger partial charge on any atom is 0.407 e. The normalized spacial score (nSPS) is 22.5. The van der Waals surface area contributed by atoms with Crippen LogP contribution in [-0.2, 0) is 10.0 Å². The highest BCUT2D eigenvalue weighted by Crippen LogP contribution is 2.52. The van der Waals surface area contributed by atoms with Crippen molar-refractivity contribution in [1.82, 2.24) is 29.4 Å². The van der Waals surface area contributed by atoms with Crippen molar-refractivity contribution in [2.24, 2.45) is 17.8 Å². The average molecular weight is 734 g/mol. The summed E-state index contributed by atoms with van der Waals surface area (Å²) in [4.78, 5) is 33.5. The maximum atomic E-state index is 13.1. The number of sulfonamides is 1. The molecule has 0 radical (unpaired) electrons. The number of alkyl halides is 3. The monoisotopic (exact) mass is 733 g/mol. The summed E-state index contributed by atoms with van der Waals surface area (Å²) in [5, 5.41) is 15.9. The van der Waals surface area contributed by atoms with Gasteiger partial charge in [-0.25, -0.2) is 24.2 Å². The van der Waals surface area contributed by atoms with E-state index in [1.54, 1.807) is 0 Å². The van der Waals surface area contributed by atoms with Gasteiger partial charge in [0, 0.05) is 39.1 Å². The zero-order chi connectivity index (χ0) is 40.6. The van der Waals surface area contributed by atoms with Gasteiger partial charge in [-0.15, -0.1) is 5.10 Å². The summed E-state index contributed by atoms with van der Waals surface area (Å²) in [5.74, 6) is -2.84. The molecule has 2 amide bonds. The molecule has 4 heterocycles. The summed E-state index contributed by atoms with van der Waals surface area (Å²) in [6.07, 6.45) is -3.18. The molecule has 0 aromatic carbocycles. The van der Waals surface area contributed by atoms with E-state index in [9.17, 15) is 36.3 Å². The number of nitrogens with zero attached hydrogens (tertiary/aromatic N) is 5. The van der Waals surface area contributed by atoms with E-state index in [1.807, 2.05) is 4.72 Å². The lowest BCUT2D eigenvalue weighted by Crippen LogP contribution is -2.41.